The molecule has 0 fully saturated rings. The second kappa shape index (κ2) is 7.53. The number of carbonyl (C=O) groups is 1. The summed E-state index contributed by atoms with van der Waals surface area (Å²) in [5.41, 5.74) is 2.97. The number of nitrogens with one attached hydrogen (secondary N) is 1. The maximum absolute atomic E-state index is 13.1. The minimum absolute atomic E-state index is 0.0361. The van der Waals surface area contributed by atoms with Crippen LogP contribution < -0.4 is 9.62 Å². The van der Waals surface area contributed by atoms with E-state index in [0.717, 1.165) is 25.2 Å². The highest BCUT2D eigenvalue weighted by molar-refractivity contribution is 7.92. The molecule has 0 spiro atoms. The topological polar surface area (TPSA) is 86.7 Å². The molecule has 3 aromatic rings. The van der Waals surface area contributed by atoms with Crippen molar-refractivity contribution in [2.75, 3.05) is 16.2 Å². The van der Waals surface area contributed by atoms with E-state index in [1.54, 1.807) is 30.4 Å². The number of carboxylic acids is 1. The van der Waals surface area contributed by atoms with Crippen LogP contribution in [-0.2, 0) is 23.0 Å². The Labute approximate surface area is 173 Å². The molecule has 4 rings (SSSR count). The summed E-state index contributed by atoms with van der Waals surface area (Å²) in [5.74, 6) is -1.17. The summed E-state index contributed by atoms with van der Waals surface area (Å²) in [5, 5.41) is 11.3. The molecule has 150 valence electrons. The predicted molar refractivity (Wildman–Crippen MR) is 114 cm³/mol. The highest BCUT2D eigenvalue weighted by Gasteiger charge is 2.23. The number of benzene rings is 2. The number of carboxylic acid groups (broad SMARTS) is 1. The van der Waals surface area contributed by atoms with Crippen LogP contribution in [0.3, 0.4) is 0 Å². The zero-order valence-corrected chi connectivity index (χ0v) is 17.4. The monoisotopic (exact) mass is 428 g/mol. The summed E-state index contributed by atoms with van der Waals surface area (Å²) in [6, 6.07) is 13.5. The summed E-state index contributed by atoms with van der Waals surface area (Å²) in [7, 11) is -3.95. The van der Waals surface area contributed by atoms with Crippen LogP contribution in [0.15, 0.2) is 58.8 Å². The van der Waals surface area contributed by atoms with Gasteiger partial charge in [-0.15, -0.1) is 11.3 Å². The van der Waals surface area contributed by atoms with Gasteiger partial charge in [-0.3, -0.25) is 4.72 Å². The quantitative estimate of drug-likeness (QED) is 0.638. The molecular weight excluding hydrogens is 408 g/mol. The lowest BCUT2D eigenvalue weighted by molar-refractivity contribution is 0.0696. The summed E-state index contributed by atoms with van der Waals surface area (Å²) in [4.78, 5) is 14.8. The average Bonchev–Trinajstić information content (AvgIpc) is 3.16. The van der Waals surface area contributed by atoms with Crippen molar-refractivity contribution in [1.29, 1.82) is 0 Å². The van der Waals surface area contributed by atoms with Crippen molar-refractivity contribution in [3.8, 4) is 0 Å². The highest BCUT2D eigenvalue weighted by atomic mass is 32.2. The van der Waals surface area contributed by atoms with Gasteiger partial charge in [0.25, 0.3) is 10.0 Å². The lowest BCUT2D eigenvalue weighted by Gasteiger charge is -2.30. The standard InChI is InChI=1S/C21H20N2O4S2/c1-14-6-7-15(21(24)25)12-20(14)29(26,27)22-17-4-2-3-5-18(17)23-10-8-19-16(13-23)9-11-28-19/h2-7,9,11-12,22H,8,10,13H2,1H3,(H,24,25). The Bertz CT molecular complexity index is 1180. The molecule has 8 heteroatoms. The molecule has 2 heterocycles. The van der Waals surface area contributed by atoms with E-state index in [-0.39, 0.29) is 10.5 Å². The number of thiophene rings is 1. The summed E-state index contributed by atoms with van der Waals surface area (Å²) < 4.78 is 28.8. The van der Waals surface area contributed by atoms with Gasteiger partial charge >= 0.3 is 5.97 Å². The van der Waals surface area contributed by atoms with E-state index >= 15 is 0 Å². The first-order valence-corrected chi connectivity index (χ1v) is 11.5. The Morgan fingerprint density at radius 2 is 1.97 bits per heavy atom. The molecule has 0 saturated heterocycles. The van der Waals surface area contributed by atoms with Crippen LogP contribution in [0.1, 0.15) is 26.4 Å². The molecule has 0 saturated carbocycles. The molecule has 0 amide bonds. The predicted octanol–water partition coefficient (Wildman–Crippen LogP) is 4.12. The summed E-state index contributed by atoms with van der Waals surface area (Å²) >= 11 is 1.75. The van der Waals surface area contributed by atoms with Gasteiger partial charge in [0, 0.05) is 18.0 Å². The van der Waals surface area contributed by atoms with Crippen LogP contribution in [0.5, 0.6) is 0 Å². The Morgan fingerprint density at radius 3 is 2.76 bits per heavy atom. The molecule has 0 aliphatic carbocycles. The number of para-hydroxylation sites is 2. The van der Waals surface area contributed by atoms with Crippen LogP contribution in [0, 0.1) is 6.92 Å². The minimum Gasteiger partial charge on any atom is -0.478 e. The number of hydrogen-bond acceptors (Lipinski definition) is 5. The molecule has 0 unspecified atom stereocenters. The van der Waals surface area contributed by atoms with Gasteiger partial charge in [0.2, 0.25) is 0 Å². The maximum atomic E-state index is 13.1. The third kappa shape index (κ3) is 3.86. The lowest BCUT2D eigenvalue weighted by Crippen LogP contribution is -2.30. The summed E-state index contributed by atoms with van der Waals surface area (Å²) in [6.45, 7) is 3.18. The van der Waals surface area contributed by atoms with Crippen molar-refractivity contribution in [3.63, 3.8) is 0 Å². The number of sulfonamides is 1. The first kappa shape index (κ1) is 19.5. The number of fused-ring (bicyclic) bond motifs is 1. The third-order valence-corrected chi connectivity index (χ3v) is 7.55. The Balaban J connectivity index is 1.67. The molecule has 1 aliphatic rings. The second-order valence-corrected chi connectivity index (χ2v) is 9.60. The maximum Gasteiger partial charge on any atom is 0.335 e. The van der Waals surface area contributed by atoms with Gasteiger partial charge in [-0.25, -0.2) is 13.2 Å². The third-order valence-electron chi connectivity index (χ3n) is 5.02. The minimum atomic E-state index is -3.95. The SMILES string of the molecule is Cc1ccc(C(=O)O)cc1S(=O)(=O)Nc1ccccc1N1CCc2sccc2C1. The van der Waals surface area contributed by atoms with Crippen molar-refractivity contribution in [2.24, 2.45) is 0 Å². The van der Waals surface area contributed by atoms with Crippen LogP contribution in [-0.4, -0.2) is 26.0 Å². The Morgan fingerprint density at radius 1 is 1.17 bits per heavy atom. The van der Waals surface area contributed by atoms with E-state index in [1.165, 1.54) is 28.6 Å². The number of anilines is 2. The molecule has 0 bridgehead atoms. The molecular formula is C21H20N2O4S2. The summed E-state index contributed by atoms with van der Waals surface area (Å²) in [6.07, 6.45) is 0.924. The van der Waals surface area contributed by atoms with Crippen molar-refractivity contribution in [2.45, 2.75) is 24.8 Å². The fourth-order valence-corrected chi connectivity index (χ4v) is 5.75. The Hall–Kier alpha value is -2.84. The molecule has 1 aromatic heterocycles. The first-order valence-electron chi connectivity index (χ1n) is 9.11. The van der Waals surface area contributed by atoms with Gasteiger partial charge in [-0.05, 0) is 60.2 Å². The van der Waals surface area contributed by atoms with Crippen molar-refractivity contribution in [1.82, 2.24) is 0 Å². The zero-order valence-electron chi connectivity index (χ0n) is 15.8. The average molecular weight is 429 g/mol. The fourth-order valence-electron chi connectivity index (χ4n) is 3.51. The molecule has 29 heavy (non-hydrogen) atoms. The van der Waals surface area contributed by atoms with Crippen LogP contribution in [0.25, 0.3) is 0 Å². The first-order chi connectivity index (χ1) is 13.8. The second-order valence-electron chi connectivity index (χ2n) is 6.95. The zero-order chi connectivity index (χ0) is 20.6. The smallest absolute Gasteiger partial charge is 0.335 e. The van der Waals surface area contributed by atoms with Crippen LogP contribution in [0.2, 0.25) is 0 Å². The number of hydrogen-bond donors (Lipinski definition) is 2. The van der Waals surface area contributed by atoms with E-state index in [0.29, 0.717) is 11.3 Å². The van der Waals surface area contributed by atoms with E-state index in [4.69, 9.17) is 0 Å². The highest BCUT2D eigenvalue weighted by Crippen LogP contribution is 2.33. The number of aryl methyl sites for hydroxylation is 1. The van der Waals surface area contributed by atoms with Gasteiger partial charge < -0.3 is 10.0 Å². The van der Waals surface area contributed by atoms with Crippen molar-refractivity contribution in [3.05, 3.63) is 75.5 Å². The van der Waals surface area contributed by atoms with Crippen molar-refractivity contribution < 1.29 is 18.3 Å². The molecule has 0 radical (unpaired) electrons. The molecule has 2 N–H and O–H groups in total. The number of aromatic carboxylic acids is 1. The van der Waals surface area contributed by atoms with Gasteiger partial charge in [-0.1, -0.05) is 18.2 Å². The van der Waals surface area contributed by atoms with E-state index < -0.39 is 16.0 Å². The molecule has 0 atom stereocenters. The lowest BCUT2D eigenvalue weighted by atomic mass is 10.1. The Kier molecular flexibility index (Phi) is 5.06. The van der Waals surface area contributed by atoms with Gasteiger partial charge in [0.05, 0.1) is 21.8 Å². The van der Waals surface area contributed by atoms with Crippen LogP contribution >= 0.6 is 11.3 Å². The number of nitrogens with zero attached hydrogens (tertiary/aromatic N) is 1. The van der Waals surface area contributed by atoms with E-state index in [2.05, 4.69) is 21.1 Å². The molecule has 1 aliphatic heterocycles. The van der Waals surface area contributed by atoms with Gasteiger partial charge in [0.15, 0.2) is 0 Å². The van der Waals surface area contributed by atoms with E-state index in [9.17, 15) is 18.3 Å². The largest absolute Gasteiger partial charge is 0.478 e. The fraction of sp³-hybridized carbons (Fsp3) is 0.190. The van der Waals surface area contributed by atoms with E-state index in [1.807, 2.05) is 12.1 Å². The van der Waals surface area contributed by atoms with Crippen LogP contribution in [0.4, 0.5) is 11.4 Å². The van der Waals surface area contributed by atoms with Crippen molar-refractivity contribution >= 4 is 38.7 Å². The van der Waals surface area contributed by atoms with Gasteiger partial charge in [-0.2, -0.15) is 0 Å². The molecule has 2 aromatic carbocycles. The number of rotatable bonds is 5. The normalized spacial score (nSPS) is 13.8. The molecule has 6 nitrogen and oxygen atoms in total. The van der Waals surface area contributed by atoms with Gasteiger partial charge in [0.1, 0.15) is 0 Å².